The van der Waals surface area contributed by atoms with Gasteiger partial charge in [0, 0.05) is 12.5 Å². The Labute approximate surface area is 103 Å². The fraction of sp³-hybridized carbons (Fsp3) is 0.917. The predicted molar refractivity (Wildman–Crippen MR) is 66.5 cm³/mol. The molecule has 1 fully saturated rings. The van der Waals surface area contributed by atoms with Gasteiger partial charge in [-0.1, -0.05) is 19.8 Å². The quantitative estimate of drug-likeness (QED) is 0.835. The molecule has 1 aromatic rings. The fourth-order valence-corrected chi connectivity index (χ4v) is 2.96. The molecule has 5 heteroatoms. The molecule has 1 aromatic heterocycles. The number of hydrogen-bond acceptors (Lipinski definition) is 4. The van der Waals surface area contributed by atoms with E-state index in [1.54, 1.807) is 0 Å². The smallest absolute Gasteiger partial charge is 0.176 e. The number of hydrogen-bond donors (Lipinski definition) is 1. The number of nitrogens with one attached hydrogen (secondary N) is 1. The number of aryl methyl sites for hydroxylation is 1. The van der Waals surface area contributed by atoms with E-state index in [-0.39, 0.29) is 0 Å². The summed E-state index contributed by atoms with van der Waals surface area (Å²) >= 11 is 0. The molecule has 0 saturated heterocycles. The minimum Gasteiger partial charge on any atom is -0.316 e. The molecular weight excluding hydrogens is 214 g/mol. The van der Waals surface area contributed by atoms with Crippen LogP contribution in [0.4, 0.5) is 0 Å². The SMILES string of the molecule is CCC1CCC(C(Cc2nnn(C)n2)NC)C1. The Bertz CT molecular complexity index is 348. The zero-order valence-corrected chi connectivity index (χ0v) is 11.1. The summed E-state index contributed by atoms with van der Waals surface area (Å²) in [5.74, 6) is 2.55. The lowest BCUT2D eigenvalue weighted by molar-refractivity contribution is 0.357. The number of rotatable bonds is 5. The average molecular weight is 237 g/mol. The highest BCUT2D eigenvalue weighted by molar-refractivity contribution is 4.91. The third-order valence-electron chi connectivity index (χ3n) is 4.05. The standard InChI is InChI=1S/C12H23N5/c1-4-9-5-6-10(7-9)11(13-2)8-12-14-16-17(3)15-12/h9-11,13H,4-8H2,1-3H3. The highest BCUT2D eigenvalue weighted by Crippen LogP contribution is 2.35. The van der Waals surface area contributed by atoms with E-state index in [0.29, 0.717) is 6.04 Å². The largest absolute Gasteiger partial charge is 0.316 e. The third-order valence-corrected chi connectivity index (χ3v) is 4.05. The Morgan fingerprint density at radius 1 is 1.47 bits per heavy atom. The van der Waals surface area contributed by atoms with Crippen molar-refractivity contribution in [2.24, 2.45) is 18.9 Å². The Balaban J connectivity index is 1.93. The second kappa shape index (κ2) is 5.58. The molecule has 2 rings (SSSR count). The van der Waals surface area contributed by atoms with Crippen LogP contribution in [0.2, 0.25) is 0 Å². The molecule has 1 N–H and O–H groups in total. The van der Waals surface area contributed by atoms with Crippen molar-refractivity contribution in [3.8, 4) is 0 Å². The number of nitrogens with zero attached hydrogens (tertiary/aromatic N) is 4. The molecule has 3 unspecified atom stereocenters. The van der Waals surface area contributed by atoms with Gasteiger partial charge in [0.15, 0.2) is 5.82 Å². The molecule has 96 valence electrons. The summed E-state index contributed by atoms with van der Waals surface area (Å²) in [4.78, 5) is 1.53. The van der Waals surface area contributed by atoms with Gasteiger partial charge in [0.25, 0.3) is 0 Å². The molecule has 0 aliphatic heterocycles. The van der Waals surface area contributed by atoms with E-state index in [4.69, 9.17) is 0 Å². The maximum atomic E-state index is 4.26. The first-order valence-corrected chi connectivity index (χ1v) is 6.63. The summed E-state index contributed by atoms with van der Waals surface area (Å²) in [5.41, 5.74) is 0. The van der Waals surface area contributed by atoms with Crippen LogP contribution in [-0.4, -0.2) is 33.3 Å². The van der Waals surface area contributed by atoms with Crippen molar-refractivity contribution < 1.29 is 0 Å². The first-order chi connectivity index (χ1) is 8.22. The van der Waals surface area contributed by atoms with Crippen LogP contribution in [0.25, 0.3) is 0 Å². The van der Waals surface area contributed by atoms with Gasteiger partial charge < -0.3 is 5.32 Å². The molecule has 0 amide bonds. The topological polar surface area (TPSA) is 55.6 Å². The summed E-state index contributed by atoms with van der Waals surface area (Å²) < 4.78 is 0. The fourth-order valence-electron chi connectivity index (χ4n) is 2.96. The molecule has 1 aliphatic carbocycles. The van der Waals surface area contributed by atoms with Crippen molar-refractivity contribution in [1.29, 1.82) is 0 Å². The van der Waals surface area contributed by atoms with Crippen molar-refractivity contribution in [3.05, 3.63) is 5.82 Å². The van der Waals surface area contributed by atoms with Gasteiger partial charge in [-0.3, -0.25) is 0 Å². The van der Waals surface area contributed by atoms with E-state index in [2.05, 4.69) is 27.7 Å². The molecule has 3 atom stereocenters. The monoisotopic (exact) mass is 237 g/mol. The second-order valence-corrected chi connectivity index (χ2v) is 5.14. The minimum absolute atomic E-state index is 0.496. The third kappa shape index (κ3) is 3.03. The Morgan fingerprint density at radius 2 is 2.29 bits per heavy atom. The normalized spacial score (nSPS) is 26.3. The van der Waals surface area contributed by atoms with Gasteiger partial charge in [-0.2, -0.15) is 4.80 Å². The van der Waals surface area contributed by atoms with E-state index in [9.17, 15) is 0 Å². The second-order valence-electron chi connectivity index (χ2n) is 5.14. The Morgan fingerprint density at radius 3 is 2.82 bits per heavy atom. The average Bonchev–Trinajstić information content (AvgIpc) is 2.94. The van der Waals surface area contributed by atoms with Crippen LogP contribution < -0.4 is 5.32 Å². The first-order valence-electron chi connectivity index (χ1n) is 6.63. The predicted octanol–water partition coefficient (Wildman–Crippen LogP) is 1.17. The van der Waals surface area contributed by atoms with E-state index in [1.165, 1.54) is 30.5 Å². The summed E-state index contributed by atoms with van der Waals surface area (Å²) in [6.07, 6.45) is 6.28. The minimum atomic E-state index is 0.496. The number of tetrazole rings is 1. The Hall–Kier alpha value is -0.970. The number of likely N-dealkylation sites (N-methyl/N-ethyl adjacent to an activating group) is 1. The Kier molecular flexibility index (Phi) is 4.10. The zero-order valence-electron chi connectivity index (χ0n) is 11.1. The molecule has 0 bridgehead atoms. The molecule has 0 radical (unpaired) electrons. The van der Waals surface area contributed by atoms with Crippen molar-refractivity contribution in [2.75, 3.05) is 7.05 Å². The molecule has 0 aromatic carbocycles. The molecule has 1 aliphatic rings. The van der Waals surface area contributed by atoms with Gasteiger partial charge in [0.2, 0.25) is 0 Å². The molecule has 0 spiro atoms. The van der Waals surface area contributed by atoms with Crippen molar-refractivity contribution in [2.45, 2.75) is 45.1 Å². The van der Waals surface area contributed by atoms with Gasteiger partial charge in [0.05, 0.1) is 7.05 Å². The van der Waals surface area contributed by atoms with Crippen LogP contribution in [0.1, 0.15) is 38.4 Å². The van der Waals surface area contributed by atoms with Gasteiger partial charge in [-0.25, -0.2) is 0 Å². The summed E-state index contributed by atoms with van der Waals surface area (Å²) in [5, 5.41) is 15.7. The summed E-state index contributed by atoms with van der Waals surface area (Å²) in [7, 11) is 3.86. The maximum absolute atomic E-state index is 4.26. The van der Waals surface area contributed by atoms with E-state index < -0.39 is 0 Å². The highest BCUT2D eigenvalue weighted by Gasteiger charge is 2.29. The zero-order chi connectivity index (χ0) is 12.3. The van der Waals surface area contributed by atoms with Crippen LogP contribution in [0, 0.1) is 11.8 Å². The molecule has 1 heterocycles. The molecule has 5 nitrogen and oxygen atoms in total. The number of aromatic nitrogens is 4. The highest BCUT2D eigenvalue weighted by atomic mass is 15.6. The van der Waals surface area contributed by atoms with Gasteiger partial charge in [-0.15, -0.1) is 10.2 Å². The van der Waals surface area contributed by atoms with E-state index >= 15 is 0 Å². The van der Waals surface area contributed by atoms with Crippen molar-refractivity contribution >= 4 is 0 Å². The van der Waals surface area contributed by atoms with Gasteiger partial charge in [0.1, 0.15) is 0 Å². The van der Waals surface area contributed by atoms with Crippen LogP contribution in [0.3, 0.4) is 0 Å². The lowest BCUT2D eigenvalue weighted by Gasteiger charge is -2.21. The summed E-state index contributed by atoms with van der Waals surface area (Å²) in [6, 6.07) is 0.496. The van der Waals surface area contributed by atoms with E-state index in [1.807, 2.05) is 14.1 Å². The van der Waals surface area contributed by atoms with Crippen LogP contribution in [-0.2, 0) is 13.5 Å². The molecule has 17 heavy (non-hydrogen) atoms. The first kappa shape index (κ1) is 12.5. The summed E-state index contributed by atoms with van der Waals surface area (Å²) in [6.45, 7) is 2.30. The molecular formula is C12H23N5. The molecule has 1 saturated carbocycles. The lowest BCUT2D eigenvalue weighted by Crippen LogP contribution is -2.35. The van der Waals surface area contributed by atoms with Crippen LogP contribution >= 0.6 is 0 Å². The van der Waals surface area contributed by atoms with Crippen LogP contribution in [0.5, 0.6) is 0 Å². The van der Waals surface area contributed by atoms with Crippen LogP contribution in [0.15, 0.2) is 0 Å². The van der Waals surface area contributed by atoms with Gasteiger partial charge >= 0.3 is 0 Å². The lowest BCUT2D eigenvalue weighted by atomic mass is 9.93. The van der Waals surface area contributed by atoms with E-state index in [0.717, 1.165) is 24.1 Å². The van der Waals surface area contributed by atoms with Crippen molar-refractivity contribution in [3.63, 3.8) is 0 Å². The maximum Gasteiger partial charge on any atom is 0.176 e. The van der Waals surface area contributed by atoms with Gasteiger partial charge in [-0.05, 0) is 36.9 Å². The van der Waals surface area contributed by atoms with Crippen molar-refractivity contribution in [1.82, 2.24) is 25.5 Å².